The zero-order valence-electron chi connectivity index (χ0n) is 14.5. The van der Waals surface area contributed by atoms with Gasteiger partial charge in [0.05, 0.1) is 13.7 Å². The number of nitrogens with one attached hydrogen (secondary N) is 2. The number of carbonyl (C=O) groups excluding carboxylic acids is 1. The molecule has 24 heavy (non-hydrogen) atoms. The summed E-state index contributed by atoms with van der Waals surface area (Å²) in [4.78, 5) is 15.2. The van der Waals surface area contributed by atoms with E-state index in [0.717, 1.165) is 41.7 Å². The summed E-state index contributed by atoms with van der Waals surface area (Å²) < 4.78 is 10.5. The normalized spacial score (nSPS) is 11.5. The molecule has 0 radical (unpaired) electrons. The summed E-state index contributed by atoms with van der Waals surface area (Å²) in [5.74, 6) is 1.45. The molecular formula is C18H25N3O3. The number of esters is 1. The predicted molar refractivity (Wildman–Crippen MR) is 95.0 cm³/mol. The van der Waals surface area contributed by atoms with Crippen LogP contribution in [-0.2, 0) is 16.1 Å². The Bertz CT molecular complexity index is 707. The van der Waals surface area contributed by atoms with Crippen LogP contribution in [0.5, 0.6) is 0 Å². The molecular weight excluding hydrogens is 306 g/mol. The highest BCUT2D eigenvalue weighted by atomic mass is 16.5. The summed E-state index contributed by atoms with van der Waals surface area (Å²) in [6.45, 7) is 3.38. The Balaban J connectivity index is 1.78. The molecule has 0 aliphatic carbocycles. The van der Waals surface area contributed by atoms with Crippen molar-refractivity contribution in [3.8, 4) is 0 Å². The highest BCUT2D eigenvalue weighted by molar-refractivity contribution is 5.82. The predicted octanol–water partition coefficient (Wildman–Crippen LogP) is 2.75. The molecule has 6 nitrogen and oxygen atoms in total. The second kappa shape index (κ2) is 8.96. The van der Waals surface area contributed by atoms with Gasteiger partial charge >= 0.3 is 5.97 Å². The zero-order chi connectivity index (χ0) is 17.4. The van der Waals surface area contributed by atoms with Crippen molar-refractivity contribution in [1.82, 2.24) is 10.6 Å². The number of benzene rings is 1. The summed E-state index contributed by atoms with van der Waals surface area (Å²) in [5, 5.41) is 7.62. The summed E-state index contributed by atoms with van der Waals surface area (Å²) in [6.07, 6.45) is 2.11. The molecule has 0 aliphatic heterocycles. The Labute approximate surface area is 142 Å². The molecule has 2 aromatic rings. The topological polar surface area (TPSA) is 75.9 Å². The second-order valence-electron chi connectivity index (χ2n) is 5.53. The third kappa shape index (κ3) is 4.75. The molecule has 0 spiro atoms. The number of fused-ring (bicyclic) bond motifs is 1. The maximum absolute atomic E-state index is 11.0. The molecule has 0 atom stereocenters. The van der Waals surface area contributed by atoms with Gasteiger partial charge in [-0.3, -0.25) is 9.79 Å². The minimum Gasteiger partial charge on any atom is -0.469 e. The lowest BCUT2D eigenvalue weighted by Crippen LogP contribution is -2.37. The molecule has 0 amide bonds. The van der Waals surface area contributed by atoms with Crippen molar-refractivity contribution in [2.24, 2.45) is 4.99 Å². The van der Waals surface area contributed by atoms with Gasteiger partial charge < -0.3 is 19.8 Å². The van der Waals surface area contributed by atoms with Crippen molar-refractivity contribution in [3.63, 3.8) is 0 Å². The van der Waals surface area contributed by atoms with Crippen LogP contribution in [0, 0.1) is 6.92 Å². The molecule has 130 valence electrons. The van der Waals surface area contributed by atoms with Crippen LogP contribution in [0.2, 0.25) is 0 Å². The van der Waals surface area contributed by atoms with E-state index in [4.69, 9.17) is 4.42 Å². The number of guanidine groups is 1. The number of nitrogens with zero attached hydrogens (tertiary/aromatic N) is 1. The van der Waals surface area contributed by atoms with Crippen molar-refractivity contribution >= 4 is 22.9 Å². The van der Waals surface area contributed by atoms with Crippen molar-refractivity contribution in [3.05, 3.63) is 35.6 Å². The fourth-order valence-electron chi connectivity index (χ4n) is 2.48. The molecule has 6 heteroatoms. The van der Waals surface area contributed by atoms with Crippen LogP contribution < -0.4 is 10.6 Å². The van der Waals surface area contributed by atoms with E-state index < -0.39 is 0 Å². The number of methoxy groups -OCH3 is 1. The number of aliphatic imine (C=N–C) groups is 1. The Hall–Kier alpha value is -2.50. The first-order valence-corrected chi connectivity index (χ1v) is 8.14. The molecule has 0 saturated heterocycles. The molecule has 1 aromatic heterocycles. The lowest BCUT2D eigenvalue weighted by molar-refractivity contribution is -0.140. The van der Waals surface area contributed by atoms with E-state index in [0.29, 0.717) is 18.9 Å². The summed E-state index contributed by atoms with van der Waals surface area (Å²) in [7, 11) is 3.14. The van der Waals surface area contributed by atoms with Gasteiger partial charge in [-0.25, -0.2) is 0 Å². The van der Waals surface area contributed by atoms with E-state index in [1.54, 1.807) is 7.05 Å². The molecule has 0 aliphatic rings. The molecule has 1 heterocycles. The summed E-state index contributed by atoms with van der Waals surface area (Å²) in [5.41, 5.74) is 2.05. The first-order valence-electron chi connectivity index (χ1n) is 8.14. The van der Waals surface area contributed by atoms with Crippen LogP contribution >= 0.6 is 0 Å². The van der Waals surface area contributed by atoms with Gasteiger partial charge in [0.2, 0.25) is 0 Å². The average molecular weight is 331 g/mol. The lowest BCUT2D eigenvalue weighted by Gasteiger charge is -2.11. The largest absolute Gasteiger partial charge is 0.469 e. The van der Waals surface area contributed by atoms with Gasteiger partial charge in [-0.15, -0.1) is 0 Å². The van der Waals surface area contributed by atoms with E-state index >= 15 is 0 Å². The van der Waals surface area contributed by atoms with Gasteiger partial charge in [0, 0.05) is 31.0 Å². The van der Waals surface area contributed by atoms with Crippen LogP contribution in [0.4, 0.5) is 0 Å². The van der Waals surface area contributed by atoms with Crippen molar-refractivity contribution in [1.29, 1.82) is 0 Å². The van der Waals surface area contributed by atoms with E-state index in [1.807, 2.05) is 18.2 Å². The third-order valence-corrected chi connectivity index (χ3v) is 3.91. The van der Waals surface area contributed by atoms with E-state index in [1.165, 1.54) is 7.11 Å². The highest BCUT2D eigenvalue weighted by Crippen LogP contribution is 2.24. The first-order chi connectivity index (χ1) is 11.7. The fourth-order valence-corrected chi connectivity index (χ4v) is 2.48. The number of para-hydroxylation sites is 1. The van der Waals surface area contributed by atoms with Crippen LogP contribution in [0.3, 0.4) is 0 Å². The highest BCUT2D eigenvalue weighted by Gasteiger charge is 2.10. The number of rotatable bonds is 7. The monoisotopic (exact) mass is 331 g/mol. The second-order valence-corrected chi connectivity index (χ2v) is 5.53. The number of aryl methyl sites for hydroxylation is 1. The van der Waals surface area contributed by atoms with Crippen molar-refractivity contribution < 1.29 is 13.9 Å². The van der Waals surface area contributed by atoms with Gasteiger partial charge in [0.1, 0.15) is 11.3 Å². The van der Waals surface area contributed by atoms with E-state index in [-0.39, 0.29) is 5.97 Å². The number of ether oxygens (including phenoxy) is 1. The quantitative estimate of drug-likeness (QED) is 0.353. The zero-order valence-corrected chi connectivity index (χ0v) is 14.5. The molecule has 1 aromatic carbocycles. The molecule has 0 fully saturated rings. The maximum Gasteiger partial charge on any atom is 0.305 e. The van der Waals surface area contributed by atoms with Gasteiger partial charge in [0.15, 0.2) is 5.96 Å². The SMILES string of the molecule is CN=C(NCCCCC(=O)OC)NCc1oc2ccccc2c1C. The third-order valence-electron chi connectivity index (χ3n) is 3.91. The molecule has 2 rings (SSSR count). The summed E-state index contributed by atoms with van der Waals surface area (Å²) in [6, 6.07) is 8.01. The summed E-state index contributed by atoms with van der Waals surface area (Å²) >= 11 is 0. The lowest BCUT2D eigenvalue weighted by atomic mass is 10.1. The number of unbranched alkanes of at least 4 members (excludes halogenated alkanes) is 1. The van der Waals surface area contributed by atoms with Crippen LogP contribution in [0.25, 0.3) is 11.0 Å². The van der Waals surface area contributed by atoms with Gasteiger partial charge in [-0.1, -0.05) is 18.2 Å². The number of hydrogen-bond acceptors (Lipinski definition) is 4. The molecule has 0 bridgehead atoms. The average Bonchev–Trinajstić information content (AvgIpc) is 2.93. The maximum atomic E-state index is 11.0. The van der Waals surface area contributed by atoms with E-state index in [2.05, 4.69) is 33.4 Å². The molecule has 0 saturated carbocycles. The molecule has 0 unspecified atom stereocenters. The molecule has 2 N–H and O–H groups in total. The first kappa shape index (κ1) is 17.8. The number of hydrogen-bond donors (Lipinski definition) is 2. The van der Waals surface area contributed by atoms with Gasteiger partial charge in [0.25, 0.3) is 0 Å². The number of carbonyl (C=O) groups is 1. The van der Waals surface area contributed by atoms with Crippen molar-refractivity contribution in [2.45, 2.75) is 32.7 Å². The van der Waals surface area contributed by atoms with E-state index in [9.17, 15) is 4.79 Å². The Morgan fingerprint density at radius 3 is 2.75 bits per heavy atom. The van der Waals surface area contributed by atoms with Crippen molar-refractivity contribution in [2.75, 3.05) is 20.7 Å². The van der Waals surface area contributed by atoms with Gasteiger partial charge in [-0.05, 0) is 25.8 Å². The Morgan fingerprint density at radius 2 is 2.04 bits per heavy atom. The van der Waals surface area contributed by atoms with Gasteiger partial charge in [-0.2, -0.15) is 0 Å². The Kier molecular flexibility index (Phi) is 6.66. The standard InChI is InChI=1S/C18H25N3O3/c1-13-14-8-4-5-9-15(14)24-16(13)12-21-18(19-2)20-11-7-6-10-17(22)23-3/h4-5,8-9H,6-7,10-12H2,1-3H3,(H2,19,20,21). The smallest absolute Gasteiger partial charge is 0.305 e. The minimum atomic E-state index is -0.169. The minimum absolute atomic E-state index is 0.169. The fraction of sp³-hybridized carbons (Fsp3) is 0.444. The van der Waals surface area contributed by atoms with Crippen LogP contribution in [0.1, 0.15) is 30.6 Å². The Morgan fingerprint density at radius 1 is 1.25 bits per heavy atom. The van der Waals surface area contributed by atoms with Crippen LogP contribution in [0.15, 0.2) is 33.7 Å². The number of furan rings is 1. The van der Waals surface area contributed by atoms with Crippen LogP contribution in [-0.4, -0.2) is 32.6 Å².